The van der Waals surface area contributed by atoms with Gasteiger partial charge >= 0.3 is 0 Å². The first-order valence-corrected chi connectivity index (χ1v) is 7.76. The van der Waals surface area contributed by atoms with Gasteiger partial charge in [-0.25, -0.2) is 13.1 Å². The summed E-state index contributed by atoms with van der Waals surface area (Å²) in [4.78, 5) is 0.276. The van der Waals surface area contributed by atoms with Crippen LogP contribution >= 0.6 is 11.8 Å². The van der Waals surface area contributed by atoms with Gasteiger partial charge < -0.3 is 5.73 Å². The van der Waals surface area contributed by atoms with E-state index in [4.69, 9.17) is 5.73 Å². The second-order valence-electron chi connectivity index (χ2n) is 3.20. The van der Waals surface area contributed by atoms with Crippen LogP contribution in [0.5, 0.6) is 0 Å². The molecule has 0 saturated heterocycles. The van der Waals surface area contributed by atoms with E-state index in [0.29, 0.717) is 12.1 Å². The van der Waals surface area contributed by atoms with E-state index in [1.807, 2.05) is 6.26 Å². The Kier molecular flexibility index (Phi) is 5.27. The Morgan fingerprint density at radius 1 is 1.38 bits per heavy atom. The Bertz CT molecular complexity index is 432. The lowest BCUT2D eigenvalue weighted by molar-refractivity contribution is 0.583. The molecule has 0 unspecified atom stereocenters. The highest BCUT2D eigenvalue weighted by molar-refractivity contribution is 7.98. The van der Waals surface area contributed by atoms with Crippen LogP contribution in [0.15, 0.2) is 29.2 Å². The molecule has 1 rings (SSSR count). The second-order valence-corrected chi connectivity index (χ2v) is 5.92. The van der Waals surface area contributed by atoms with Crippen LogP contribution < -0.4 is 10.5 Å². The maximum absolute atomic E-state index is 11.9. The summed E-state index contributed by atoms with van der Waals surface area (Å²) < 4.78 is 26.4. The topological polar surface area (TPSA) is 72.2 Å². The summed E-state index contributed by atoms with van der Waals surface area (Å²) >= 11 is 1.60. The van der Waals surface area contributed by atoms with Gasteiger partial charge in [-0.1, -0.05) is 18.2 Å². The lowest BCUT2D eigenvalue weighted by atomic mass is 10.2. The molecule has 0 fully saturated rings. The molecule has 0 aromatic heterocycles. The van der Waals surface area contributed by atoms with Gasteiger partial charge in [0.15, 0.2) is 0 Å². The van der Waals surface area contributed by atoms with E-state index in [0.717, 1.165) is 5.75 Å². The Morgan fingerprint density at radius 2 is 2.06 bits per heavy atom. The molecular weight excluding hydrogens is 244 g/mol. The van der Waals surface area contributed by atoms with Crippen molar-refractivity contribution in [3.05, 3.63) is 29.8 Å². The van der Waals surface area contributed by atoms with Crippen LogP contribution in [-0.2, 0) is 16.6 Å². The Hall–Kier alpha value is -0.560. The van der Waals surface area contributed by atoms with E-state index in [-0.39, 0.29) is 11.4 Å². The first kappa shape index (κ1) is 13.5. The van der Waals surface area contributed by atoms with Gasteiger partial charge in [-0.05, 0) is 17.9 Å². The van der Waals surface area contributed by atoms with Crippen molar-refractivity contribution in [3.63, 3.8) is 0 Å². The number of nitrogens with two attached hydrogens (primary N) is 1. The zero-order chi connectivity index (χ0) is 12.0. The summed E-state index contributed by atoms with van der Waals surface area (Å²) in [6.45, 7) is 0.655. The molecule has 0 aliphatic carbocycles. The van der Waals surface area contributed by atoms with Crippen molar-refractivity contribution in [2.75, 3.05) is 18.6 Å². The van der Waals surface area contributed by atoms with Crippen LogP contribution in [0.3, 0.4) is 0 Å². The zero-order valence-electron chi connectivity index (χ0n) is 9.14. The van der Waals surface area contributed by atoms with Crippen LogP contribution in [-0.4, -0.2) is 27.0 Å². The van der Waals surface area contributed by atoms with Crippen molar-refractivity contribution < 1.29 is 8.42 Å². The lowest BCUT2D eigenvalue weighted by Gasteiger charge is -2.09. The van der Waals surface area contributed by atoms with Crippen molar-refractivity contribution in [2.24, 2.45) is 5.73 Å². The largest absolute Gasteiger partial charge is 0.326 e. The minimum Gasteiger partial charge on any atom is -0.326 e. The van der Waals surface area contributed by atoms with E-state index in [1.165, 1.54) is 0 Å². The normalized spacial score (nSPS) is 11.6. The summed E-state index contributed by atoms with van der Waals surface area (Å²) in [6.07, 6.45) is 1.93. The third-order valence-electron chi connectivity index (χ3n) is 2.08. The number of hydrogen-bond acceptors (Lipinski definition) is 4. The molecule has 0 aliphatic rings. The van der Waals surface area contributed by atoms with Crippen molar-refractivity contribution in [3.8, 4) is 0 Å². The van der Waals surface area contributed by atoms with E-state index in [2.05, 4.69) is 4.72 Å². The van der Waals surface area contributed by atoms with Crippen LogP contribution in [0.25, 0.3) is 0 Å². The fourth-order valence-corrected chi connectivity index (χ4v) is 3.01. The molecule has 4 nitrogen and oxygen atoms in total. The smallest absolute Gasteiger partial charge is 0.240 e. The highest BCUT2D eigenvalue weighted by Crippen LogP contribution is 2.14. The van der Waals surface area contributed by atoms with Crippen molar-refractivity contribution in [1.29, 1.82) is 0 Å². The van der Waals surface area contributed by atoms with Crippen molar-refractivity contribution >= 4 is 21.8 Å². The van der Waals surface area contributed by atoms with Gasteiger partial charge in [-0.15, -0.1) is 0 Å². The number of hydrogen-bond donors (Lipinski definition) is 2. The van der Waals surface area contributed by atoms with Gasteiger partial charge in [0.05, 0.1) is 4.90 Å². The summed E-state index contributed by atoms with van der Waals surface area (Å²) in [5, 5.41) is 0. The highest BCUT2D eigenvalue weighted by atomic mass is 32.2. The SMILES string of the molecule is CSCCNS(=O)(=O)c1ccccc1CN. The molecule has 90 valence electrons. The van der Waals surface area contributed by atoms with Crippen molar-refractivity contribution in [1.82, 2.24) is 4.72 Å². The number of nitrogens with one attached hydrogen (secondary N) is 1. The summed E-state index contributed by atoms with van der Waals surface area (Å²) in [5.41, 5.74) is 6.14. The number of benzene rings is 1. The quantitative estimate of drug-likeness (QED) is 0.742. The van der Waals surface area contributed by atoms with E-state index < -0.39 is 10.0 Å². The standard InChI is InChI=1S/C10H16N2O2S2/c1-15-7-6-12-16(13,14)10-5-3-2-4-9(10)8-11/h2-5,12H,6-8,11H2,1H3. The number of sulfonamides is 1. The second kappa shape index (κ2) is 6.24. The molecule has 0 radical (unpaired) electrons. The molecule has 1 aromatic carbocycles. The molecular formula is C10H16N2O2S2. The fourth-order valence-electron chi connectivity index (χ4n) is 1.29. The molecule has 3 N–H and O–H groups in total. The average molecular weight is 260 g/mol. The molecule has 0 amide bonds. The molecule has 0 bridgehead atoms. The monoisotopic (exact) mass is 260 g/mol. The Labute approximate surface area is 101 Å². The minimum absolute atomic E-state index is 0.222. The first-order chi connectivity index (χ1) is 7.61. The van der Waals surface area contributed by atoms with Crippen LogP contribution in [0, 0.1) is 0 Å². The Morgan fingerprint density at radius 3 is 2.69 bits per heavy atom. The summed E-state index contributed by atoms with van der Waals surface area (Å²) in [6, 6.07) is 6.78. The highest BCUT2D eigenvalue weighted by Gasteiger charge is 2.16. The Balaban J connectivity index is 2.89. The summed E-state index contributed by atoms with van der Waals surface area (Å²) in [5.74, 6) is 0.754. The number of thioether (sulfide) groups is 1. The van der Waals surface area contributed by atoms with Gasteiger partial charge in [-0.2, -0.15) is 11.8 Å². The average Bonchev–Trinajstić information content (AvgIpc) is 2.29. The van der Waals surface area contributed by atoms with Gasteiger partial charge in [0.25, 0.3) is 0 Å². The fraction of sp³-hybridized carbons (Fsp3) is 0.400. The van der Waals surface area contributed by atoms with Crippen molar-refractivity contribution in [2.45, 2.75) is 11.4 Å². The summed E-state index contributed by atoms with van der Waals surface area (Å²) in [7, 11) is -3.42. The molecule has 16 heavy (non-hydrogen) atoms. The van der Waals surface area contributed by atoms with E-state index in [9.17, 15) is 8.42 Å². The van der Waals surface area contributed by atoms with E-state index in [1.54, 1.807) is 36.0 Å². The molecule has 0 aliphatic heterocycles. The van der Waals surface area contributed by atoms with E-state index >= 15 is 0 Å². The minimum atomic E-state index is -3.42. The molecule has 0 spiro atoms. The van der Waals surface area contributed by atoms with Gasteiger partial charge in [-0.3, -0.25) is 0 Å². The molecule has 0 heterocycles. The van der Waals surface area contributed by atoms with Gasteiger partial charge in [0.2, 0.25) is 10.0 Å². The molecule has 0 saturated carbocycles. The third kappa shape index (κ3) is 3.48. The predicted octanol–water partition coefficient (Wildman–Crippen LogP) is 0.787. The first-order valence-electron chi connectivity index (χ1n) is 4.88. The maximum Gasteiger partial charge on any atom is 0.240 e. The lowest BCUT2D eigenvalue weighted by Crippen LogP contribution is -2.27. The number of rotatable bonds is 6. The zero-order valence-corrected chi connectivity index (χ0v) is 10.8. The van der Waals surface area contributed by atoms with Gasteiger partial charge in [0.1, 0.15) is 0 Å². The van der Waals surface area contributed by atoms with Crippen LogP contribution in [0.2, 0.25) is 0 Å². The van der Waals surface area contributed by atoms with Crippen LogP contribution in [0.4, 0.5) is 0 Å². The molecule has 0 atom stereocenters. The molecule has 6 heteroatoms. The maximum atomic E-state index is 11.9. The third-order valence-corrected chi connectivity index (χ3v) is 4.25. The predicted molar refractivity (Wildman–Crippen MR) is 67.9 cm³/mol. The van der Waals surface area contributed by atoms with Crippen LogP contribution in [0.1, 0.15) is 5.56 Å². The molecule has 1 aromatic rings. The van der Waals surface area contributed by atoms with Gasteiger partial charge in [0, 0.05) is 18.8 Å².